The van der Waals surface area contributed by atoms with E-state index in [0.29, 0.717) is 27.0 Å². The van der Waals surface area contributed by atoms with Crippen molar-refractivity contribution in [1.82, 2.24) is 15.1 Å². The van der Waals surface area contributed by atoms with Gasteiger partial charge >= 0.3 is 6.03 Å². The molecule has 37 heavy (non-hydrogen) atoms. The van der Waals surface area contributed by atoms with Gasteiger partial charge in [0.1, 0.15) is 5.75 Å². The molecule has 0 spiro atoms. The van der Waals surface area contributed by atoms with Crippen LogP contribution in [0.4, 0.5) is 10.5 Å². The fourth-order valence-electron chi connectivity index (χ4n) is 4.83. The fraction of sp³-hybridized carbons (Fsp3) is 0.393. The number of carbonyl (C=O) groups excluding carboxylic acids is 2. The molecule has 2 aromatic carbocycles. The van der Waals surface area contributed by atoms with E-state index in [1.807, 2.05) is 26.0 Å². The normalized spacial score (nSPS) is 13.8. The lowest BCUT2D eigenvalue weighted by Gasteiger charge is -2.13. The number of phenolic OH excluding ortho intramolecular Hbond substituents is 1. The molecule has 1 aliphatic carbocycles. The first-order valence-corrected chi connectivity index (χ1v) is 13.5. The Morgan fingerprint density at radius 3 is 2.43 bits per heavy atom. The lowest BCUT2D eigenvalue weighted by Crippen LogP contribution is -2.30. The minimum atomic E-state index is -0.354. The van der Waals surface area contributed by atoms with E-state index in [0.717, 1.165) is 49.8 Å². The van der Waals surface area contributed by atoms with Gasteiger partial charge in [0.15, 0.2) is 0 Å². The number of amides is 2. The molecule has 2 amide bonds. The van der Waals surface area contributed by atoms with Crippen molar-refractivity contribution < 1.29 is 14.7 Å². The van der Waals surface area contributed by atoms with Gasteiger partial charge in [-0.2, -0.15) is 9.78 Å². The molecule has 1 aliphatic rings. The number of phenols is 1. The van der Waals surface area contributed by atoms with Crippen LogP contribution in [0.1, 0.15) is 69.5 Å². The molecule has 1 heterocycles. The zero-order valence-corrected chi connectivity index (χ0v) is 22.6. The number of halogens is 2. The second-order valence-corrected chi connectivity index (χ2v) is 10.3. The number of anilines is 1. The van der Waals surface area contributed by atoms with Crippen LogP contribution in [0.25, 0.3) is 11.3 Å². The Morgan fingerprint density at radius 1 is 1.05 bits per heavy atom. The minimum absolute atomic E-state index is 0.0128. The number of carbonyl (C=O) groups is 2. The largest absolute Gasteiger partial charge is 0.507 e. The van der Waals surface area contributed by atoms with Gasteiger partial charge < -0.3 is 15.7 Å². The summed E-state index contributed by atoms with van der Waals surface area (Å²) in [6.07, 6.45) is 5.68. The first-order chi connectivity index (χ1) is 17.8. The SMILES string of the molecule is CCC(CC)C(=O)Nc1ccc(-c2cc(C3CCCC3)n(C(=O)NCc3ccc(Cl)c(Cl)c3)n2)c(O)c1. The Balaban J connectivity index is 1.57. The summed E-state index contributed by atoms with van der Waals surface area (Å²) in [4.78, 5) is 25.6. The molecule has 3 aromatic rings. The summed E-state index contributed by atoms with van der Waals surface area (Å²) in [5.41, 5.74) is 3.16. The molecule has 1 aromatic heterocycles. The Labute approximate surface area is 227 Å². The van der Waals surface area contributed by atoms with Crippen LogP contribution in [0, 0.1) is 5.92 Å². The molecule has 0 radical (unpaired) electrons. The average molecular weight is 543 g/mol. The highest BCUT2D eigenvalue weighted by atomic mass is 35.5. The van der Waals surface area contributed by atoms with Crippen LogP contribution in [-0.2, 0) is 11.3 Å². The fourth-order valence-corrected chi connectivity index (χ4v) is 5.15. The lowest BCUT2D eigenvalue weighted by molar-refractivity contribution is -0.120. The number of aromatic hydroxyl groups is 1. The van der Waals surface area contributed by atoms with Crippen molar-refractivity contribution in [3.05, 3.63) is 63.8 Å². The summed E-state index contributed by atoms with van der Waals surface area (Å²) in [6.45, 7) is 4.23. The van der Waals surface area contributed by atoms with Gasteiger partial charge in [0, 0.05) is 35.7 Å². The third-order valence-electron chi connectivity index (χ3n) is 7.03. The summed E-state index contributed by atoms with van der Waals surface area (Å²) in [7, 11) is 0. The Bertz CT molecular complexity index is 1280. The van der Waals surface area contributed by atoms with Crippen LogP contribution in [0.2, 0.25) is 10.0 Å². The van der Waals surface area contributed by atoms with Gasteiger partial charge in [-0.3, -0.25) is 4.79 Å². The number of hydrogen-bond donors (Lipinski definition) is 3. The van der Waals surface area contributed by atoms with E-state index in [1.165, 1.54) is 10.7 Å². The number of nitrogens with one attached hydrogen (secondary N) is 2. The minimum Gasteiger partial charge on any atom is -0.507 e. The van der Waals surface area contributed by atoms with Crippen molar-refractivity contribution in [3.63, 3.8) is 0 Å². The van der Waals surface area contributed by atoms with Crippen molar-refractivity contribution in [1.29, 1.82) is 0 Å². The molecule has 4 rings (SSSR count). The van der Waals surface area contributed by atoms with E-state index in [2.05, 4.69) is 15.7 Å². The average Bonchev–Trinajstić information content (AvgIpc) is 3.56. The van der Waals surface area contributed by atoms with Crippen molar-refractivity contribution in [2.45, 2.75) is 64.8 Å². The van der Waals surface area contributed by atoms with Gasteiger partial charge in [0.05, 0.1) is 21.4 Å². The molecule has 0 unspecified atom stereocenters. The van der Waals surface area contributed by atoms with Gasteiger partial charge in [-0.25, -0.2) is 4.79 Å². The predicted molar refractivity (Wildman–Crippen MR) is 147 cm³/mol. The summed E-state index contributed by atoms with van der Waals surface area (Å²) in [6, 6.07) is 11.7. The van der Waals surface area contributed by atoms with Crippen molar-refractivity contribution in [2.24, 2.45) is 5.92 Å². The molecule has 0 aliphatic heterocycles. The predicted octanol–water partition coefficient (Wildman–Crippen LogP) is 7.35. The number of nitrogens with zero attached hydrogens (tertiary/aromatic N) is 2. The quantitative estimate of drug-likeness (QED) is 0.277. The van der Waals surface area contributed by atoms with E-state index < -0.39 is 0 Å². The van der Waals surface area contributed by atoms with E-state index in [9.17, 15) is 14.7 Å². The van der Waals surface area contributed by atoms with Gasteiger partial charge in [-0.15, -0.1) is 0 Å². The van der Waals surface area contributed by atoms with E-state index >= 15 is 0 Å². The van der Waals surface area contributed by atoms with Crippen molar-refractivity contribution in [2.75, 3.05) is 5.32 Å². The molecule has 3 N–H and O–H groups in total. The molecular formula is C28H32Cl2N4O3. The number of aromatic nitrogens is 2. The monoisotopic (exact) mass is 542 g/mol. The van der Waals surface area contributed by atoms with Gasteiger partial charge in [-0.1, -0.05) is 56.0 Å². The van der Waals surface area contributed by atoms with E-state index in [1.54, 1.807) is 24.3 Å². The van der Waals surface area contributed by atoms with E-state index in [4.69, 9.17) is 23.2 Å². The molecule has 0 saturated heterocycles. The standard InChI is InChI=1S/C28H32Cl2N4O3/c1-3-18(4-2)27(36)32-20-10-11-21(26(35)14-20)24-15-25(19-7-5-6-8-19)34(33-24)28(37)31-16-17-9-12-22(29)23(30)13-17/h9-15,18-19,35H,3-8,16H2,1-2H3,(H,31,37)(H,32,36). The number of hydrogen-bond acceptors (Lipinski definition) is 4. The van der Waals surface area contributed by atoms with Crippen LogP contribution in [0.3, 0.4) is 0 Å². The summed E-state index contributed by atoms with van der Waals surface area (Å²) < 4.78 is 1.41. The molecule has 0 bridgehead atoms. The molecule has 1 saturated carbocycles. The maximum absolute atomic E-state index is 13.2. The third kappa shape index (κ3) is 6.28. The summed E-state index contributed by atoms with van der Waals surface area (Å²) in [5.74, 6) is 0.0661. The van der Waals surface area contributed by atoms with Crippen molar-refractivity contribution >= 4 is 40.8 Å². The highest BCUT2D eigenvalue weighted by molar-refractivity contribution is 6.42. The number of benzene rings is 2. The van der Waals surface area contributed by atoms with Gasteiger partial charge in [-0.05, 0) is 61.6 Å². The van der Waals surface area contributed by atoms with Gasteiger partial charge in [0.25, 0.3) is 0 Å². The number of rotatable bonds is 8. The first kappa shape index (κ1) is 27.0. The van der Waals surface area contributed by atoms with Crippen LogP contribution in [0.5, 0.6) is 5.75 Å². The topological polar surface area (TPSA) is 96.3 Å². The van der Waals surface area contributed by atoms with Crippen LogP contribution >= 0.6 is 23.2 Å². The maximum atomic E-state index is 13.2. The van der Waals surface area contributed by atoms with Crippen LogP contribution in [0.15, 0.2) is 42.5 Å². The highest BCUT2D eigenvalue weighted by Crippen LogP contribution is 2.38. The molecule has 196 valence electrons. The van der Waals surface area contributed by atoms with Crippen molar-refractivity contribution in [3.8, 4) is 17.0 Å². The first-order valence-electron chi connectivity index (χ1n) is 12.8. The molecular weight excluding hydrogens is 511 g/mol. The Hall–Kier alpha value is -3.03. The molecule has 1 fully saturated rings. The van der Waals surface area contributed by atoms with Crippen LogP contribution < -0.4 is 10.6 Å². The van der Waals surface area contributed by atoms with E-state index in [-0.39, 0.29) is 36.1 Å². The third-order valence-corrected chi connectivity index (χ3v) is 7.77. The molecule has 9 heteroatoms. The lowest BCUT2D eigenvalue weighted by atomic mass is 10.0. The zero-order chi connectivity index (χ0) is 26.5. The highest BCUT2D eigenvalue weighted by Gasteiger charge is 2.26. The van der Waals surface area contributed by atoms with Crippen LogP contribution in [-0.4, -0.2) is 26.8 Å². The summed E-state index contributed by atoms with van der Waals surface area (Å²) in [5, 5.41) is 22.0. The molecule has 7 nitrogen and oxygen atoms in total. The maximum Gasteiger partial charge on any atom is 0.342 e. The second-order valence-electron chi connectivity index (χ2n) is 9.49. The smallest absolute Gasteiger partial charge is 0.342 e. The summed E-state index contributed by atoms with van der Waals surface area (Å²) >= 11 is 12.1. The second kappa shape index (κ2) is 12.0. The Morgan fingerprint density at radius 2 is 1.78 bits per heavy atom. The zero-order valence-electron chi connectivity index (χ0n) is 21.1. The van der Waals surface area contributed by atoms with Gasteiger partial charge in [0.2, 0.25) is 5.91 Å². The Kier molecular flexibility index (Phi) is 8.77. The molecule has 0 atom stereocenters.